The Kier molecular flexibility index (Phi) is 4.39. The summed E-state index contributed by atoms with van der Waals surface area (Å²) in [7, 11) is -4.02. The lowest BCUT2D eigenvalue weighted by Gasteiger charge is -2.25. The van der Waals surface area contributed by atoms with Gasteiger partial charge in [0.1, 0.15) is 10.7 Å². The molecule has 0 bridgehead atoms. The molecule has 0 saturated heterocycles. The van der Waals surface area contributed by atoms with Crippen LogP contribution in [0.5, 0.6) is 0 Å². The quantitative estimate of drug-likeness (QED) is 0.841. The Morgan fingerprint density at radius 3 is 2.65 bits per heavy atom. The zero-order valence-electron chi connectivity index (χ0n) is 10.8. The summed E-state index contributed by atoms with van der Waals surface area (Å²) in [6.07, 6.45) is 4.10. The first-order chi connectivity index (χ1) is 9.40. The molecule has 5 nitrogen and oxygen atoms in total. The van der Waals surface area contributed by atoms with Gasteiger partial charge in [-0.25, -0.2) is 22.3 Å². The second-order valence-corrected chi connectivity index (χ2v) is 6.67. The zero-order chi connectivity index (χ0) is 14.8. The minimum absolute atomic E-state index is 0.240. The van der Waals surface area contributed by atoms with E-state index in [9.17, 15) is 17.6 Å². The number of aromatic carboxylic acids is 1. The van der Waals surface area contributed by atoms with E-state index in [4.69, 9.17) is 5.11 Å². The van der Waals surface area contributed by atoms with Crippen molar-refractivity contribution in [1.82, 2.24) is 4.72 Å². The molecule has 0 unspecified atom stereocenters. The minimum atomic E-state index is -4.02. The van der Waals surface area contributed by atoms with Gasteiger partial charge in [-0.2, -0.15) is 0 Å². The number of carboxylic acid groups (broad SMARTS) is 1. The fourth-order valence-corrected chi connectivity index (χ4v) is 3.25. The monoisotopic (exact) mass is 301 g/mol. The summed E-state index contributed by atoms with van der Waals surface area (Å²) >= 11 is 0. The molecule has 20 heavy (non-hydrogen) atoms. The fourth-order valence-electron chi connectivity index (χ4n) is 2.10. The van der Waals surface area contributed by atoms with Crippen molar-refractivity contribution in [3.8, 4) is 0 Å². The van der Waals surface area contributed by atoms with Gasteiger partial charge in [0.2, 0.25) is 10.0 Å². The van der Waals surface area contributed by atoms with Crippen LogP contribution in [0.3, 0.4) is 0 Å². The van der Waals surface area contributed by atoms with Gasteiger partial charge in [0, 0.05) is 6.54 Å². The molecule has 1 aliphatic carbocycles. The average molecular weight is 301 g/mol. The molecule has 1 aromatic carbocycles. The lowest BCUT2D eigenvalue weighted by molar-refractivity contribution is 0.0696. The highest BCUT2D eigenvalue weighted by Gasteiger charge is 2.22. The van der Waals surface area contributed by atoms with Crippen LogP contribution in [0.15, 0.2) is 23.1 Å². The smallest absolute Gasteiger partial charge is 0.335 e. The second-order valence-electron chi connectivity index (χ2n) is 4.93. The van der Waals surface area contributed by atoms with Crippen molar-refractivity contribution in [2.45, 2.75) is 30.6 Å². The summed E-state index contributed by atoms with van der Waals surface area (Å²) in [6.45, 7) is 0.240. The Balaban J connectivity index is 2.10. The summed E-state index contributed by atoms with van der Waals surface area (Å²) in [4.78, 5) is 10.2. The van der Waals surface area contributed by atoms with E-state index in [0.717, 1.165) is 37.5 Å². The summed E-state index contributed by atoms with van der Waals surface area (Å²) in [5, 5.41) is 8.82. The van der Waals surface area contributed by atoms with Crippen molar-refractivity contribution < 1.29 is 22.7 Å². The van der Waals surface area contributed by atoms with E-state index < -0.39 is 26.7 Å². The van der Waals surface area contributed by atoms with Crippen molar-refractivity contribution in [3.05, 3.63) is 29.6 Å². The van der Waals surface area contributed by atoms with Crippen LogP contribution in [0, 0.1) is 11.7 Å². The largest absolute Gasteiger partial charge is 0.478 e. The molecule has 2 N–H and O–H groups in total. The maximum atomic E-state index is 13.6. The third-order valence-corrected chi connectivity index (χ3v) is 5.01. The Bertz CT molecular complexity index is 611. The Morgan fingerprint density at radius 1 is 1.40 bits per heavy atom. The molecule has 0 spiro atoms. The number of carbonyl (C=O) groups is 1. The van der Waals surface area contributed by atoms with Crippen molar-refractivity contribution >= 4 is 16.0 Å². The maximum Gasteiger partial charge on any atom is 0.335 e. The van der Waals surface area contributed by atoms with Gasteiger partial charge < -0.3 is 5.11 Å². The third kappa shape index (κ3) is 3.34. The molecule has 1 aromatic rings. The van der Waals surface area contributed by atoms with Crippen LogP contribution in [0.2, 0.25) is 0 Å². The Hall–Kier alpha value is -1.47. The number of sulfonamides is 1. The highest BCUT2D eigenvalue weighted by molar-refractivity contribution is 7.89. The van der Waals surface area contributed by atoms with Crippen LogP contribution in [0.1, 0.15) is 36.0 Å². The fraction of sp³-hybridized carbons (Fsp3) is 0.462. The highest BCUT2D eigenvalue weighted by atomic mass is 32.2. The normalized spacial score (nSPS) is 15.8. The second kappa shape index (κ2) is 5.88. The van der Waals surface area contributed by atoms with Crippen LogP contribution in [-0.2, 0) is 10.0 Å². The lowest BCUT2D eigenvalue weighted by Crippen LogP contribution is -2.28. The number of hydrogen-bond acceptors (Lipinski definition) is 3. The number of benzene rings is 1. The molecule has 0 aromatic heterocycles. The molecule has 0 atom stereocenters. The van der Waals surface area contributed by atoms with Gasteiger partial charge in [-0.3, -0.25) is 0 Å². The van der Waals surface area contributed by atoms with Crippen molar-refractivity contribution in [2.75, 3.05) is 6.54 Å². The van der Waals surface area contributed by atoms with E-state index in [1.54, 1.807) is 0 Å². The van der Waals surface area contributed by atoms with Crippen molar-refractivity contribution in [3.63, 3.8) is 0 Å². The highest BCUT2D eigenvalue weighted by Crippen LogP contribution is 2.29. The average Bonchev–Trinajstić information content (AvgIpc) is 2.32. The maximum absolute atomic E-state index is 13.6. The van der Waals surface area contributed by atoms with Gasteiger partial charge >= 0.3 is 5.97 Å². The molecule has 110 valence electrons. The first kappa shape index (κ1) is 14.9. The predicted octanol–water partition coefficient (Wildman–Crippen LogP) is 1.99. The topological polar surface area (TPSA) is 83.5 Å². The van der Waals surface area contributed by atoms with Gasteiger partial charge in [0.05, 0.1) is 5.56 Å². The molecule has 0 radical (unpaired) electrons. The Morgan fingerprint density at radius 2 is 2.10 bits per heavy atom. The molecule has 0 heterocycles. The Labute approximate surface area is 116 Å². The molecule has 1 aliphatic rings. The van der Waals surface area contributed by atoms with E-state index in [1.807, 2.05) is 0 Å². The van der Waals surface area contributed by atoms with Gasteiger partial charge in [-0.15, -0.1) is 0 Å². The van der Waals surface area contributed by atoms with E-state index >= 15 is 0 Å². The number of halogens is 1. The van der Waals surface area contributed by atoms with Crippen LogP contribution < -0.4 is 4.72 Å². The van der Waals surface area contributed by atoms with Crippen LogP contribution in [0.4, 0.5) is 4.39 Å². The van der Waals surface area contributed by atoms with Crippen molar-refractivity contribution in [2.24, 2.45) is 5.92 Å². The van der Waals surface area contributed by atoms with E-state index in [0.29, 0.717) is 5.92 Å². The zero-order valence-corrected chi connectivity index (χ0v) is 11.6. The van der Waals surface area contributed by atoms with Gasteiger partial charge in [0.25, 0.3) is 0 Å². The molecule has 2 rings (SSSR count). The van der Waals surface area contributed by atoms with E-state index in [2.05, 4.69) is 4.72 Å². The minimum Gasteiger partial charge on any atom is -0.478 e. The van der Waals surface area contributed by atoms with Crippen LogP contribution in [-0.4, -0.2) is 26.0 Å². The molecular weight excluding hydrogens is 285 g/mol. The molecule has 1 saturated carbocycles. The third-order valence-electron chi connectivity index (χ3n) is 3.54. The molecule has 1 fully saturated rings. The molecular formula is C13H16FNO4S. The van der Waals surface area contributed by atoms with Crippen LogP contribution >= 0.6 is 0 Å². The molecule has 0 aliphatic heterocycles. The number of carboxylic acids is 1. The summed E-state index contributed by atoms with van der Waals surface area (Å²) in [5.74, 6) is -1.71. The van der Waals surface area contributed by atoms with E-state index in [-0.39, 0.29) is 12.1 Å². The van der Waals surface area contributed by atoms with Gasteiger partial charge in [-0.1, -0.05) is 19.3 Å². The first-order valence-corrected chi connectivity index (χ1v) is 7.91. The predicted molar refractivity (Wildman–Crippen MR) is 70.5 cm³/mol. The van der Waals surface area contributed by atoms with Crippen molar-refractivity contribution in [1.29, 1.82) is 0 Å². The lowest BCUT2D eigenvalue weighted by atomic mass is 9.83. The summed E-state index contributed by atoms with van der Waals surface area (Å²) in [6, 6.07) is 2.72. The molecule has 0 amide bonds. The summed E-state index contributed by atoms with van der Waals surface area (Å²) in [5.41, 5.74) is -0.259. The molecule has 7 heteroatoms. The van der Waals surface area contributed by atoms with Gasteiger partial charge in [-0.05, 0) is 30.5 Å². The number of hydrogen-bond donors (Lipinski definition) is 2. The first-order valence-electron chi connectivity index (χ1n) is 6.42. The van der Waals surface area contributed by atoms with E-state index in [1.165, 1.54) is 6.42 Å². The van der Waals surface area contributed by atoms with Crippen LogP contribution in [0.25, 0.3) is 0 Å². The summed E-state index contributed by atoms with van der Waals surface area (Å²) < 4.78 is 39.8. The number of rotatable bonds is 6. The standard InChI is InChI=1S/C13H16FNO4S/c14-11-5-4-10(13(16)17)8-12(11)20(18,19)15-7-6-9-2-1-3-9/h4-5,8-9,15H,1-3,6-7H2,(H,16,17). The number of nitrogens with one attached hydrogen (secondary N) is 1. The van der Waals surface area contributed by atoms with Gasteiger partial charge in [0.15, 0.2) is 0 Å². The SMILES string of the molecule is O=C(O)c1ccc(F)c(S(=O)(=O)NCCC2CCC2)c1.